The zero-order valence-corrected chi connectivity index (χ0v) is 9.76. The van der Waals surface area contributed by atoms with Crippen LogP contribution in [-0.4, -0.2) is 32.2 Å². The summed E-state index contributed by atoms with van der Waals surface area (Å²) in [4.78, 5) is 11.4. The molecular weight excluding hydrogens is 216 g/mol. The van der Waals surface area contributed by atoms with E-state index in [9.17, 15) is 4.79 Å². The molecule has 0 atom stereocenters. The summed E-state index contributed by atoms with van der Waals surface area (Å²) < 4.78 is 5.13. The van der Waals surface area contributed by atoms with Crippen LogP contribution in [0.1, 0.15) is 5.56 Å². The fourth-order valence-corrected chi connectivity index (χ4v) is 1.23. The normalized spacial score (nSPS) is 10.6. The number of hydrogen-bond donors (Lipinski definition) is 2. The third-order valence-electron chi connectivity index (χ3n) is 2.03. The smallest absolute Gasteiger partial charge is 0.244 e. The van der Waals surface area contributed by atoms with Gasteiger partial charge in [0.15, 0.2) is 0 Å². The van der Waals surface area contributed by atoms with E-state index in [2.05, 4.69) is 5.32 Å². The van der Waals surface area contributed by atoms with Crippen molar-refractivity contribution in [2.45, 2.75) is 0 Å². The summed E-state index contributed by atoms with van der Waals surface area (Å²) in [5.41, 5.74) is 6.26. The molecule has 1 amide bonds. The number of hydrogen-bond acceptors (Lipinski definition) is 3. The Bertz CT molecular complexity index is 350. The highest BCUT2D eigenvalue weighted by Crippen LogP contribution is 2.00. The molecule has 0 spiro atoms. The second-order valence-electron chi connectivity index (χ2n) is 3.44. The summed E-state index contributed by atoms with van der Waals surface area (Å²) in [6, 6.07) is 9.67. The van der Waals surface area contributed by atoms with Gasteiger partial charge >= 0.3 is 0 Å². The summed E-state index contributed by atoms with van der Waals surface area (Å²) in [5, 5.41) is 2.72. The Hall–Kier alpha value is -1.65. The maximum absolute atomic E-state index is 11.4. The number of ether oxygens (including phenoxy) is 1. The van der Waals surface area contributed by atoms with Crippen LogP contribution in [0.3, 0.4) is 0 Å². The highest BCUT2D eigenvalue weighted by atomic mass is 16.5. The number of nitrogens with two attached hydrogens (primary N) is 1. The van der Waals surface area contributed by atoms with Gasteiger partial charge in [-0.25, -0.2) is 0 Å². The molecule has 0 aliphatic carbocycles. The SMILES string of the molecule is NCCOCCNC(=O)C=Cc1ccccc1. The molecule has 4 nitrogen and oxygen atoms in total. The van der Waals surface area contributed by atoms with Gasteiger partial charge in [-0.3, -0.25) is 4.79 Å². The molecule has 0 bridgehead atoms. The Morgan fingerprint density at radius 3 is 2.76 bits per heavy atom. The van der Waals surface area contributed by atoms with E-state index in [-0.39, 0.29) is 5.91 Å². The van der Waals surface area contributed by atoms with E-state index >= 15 is 0 Å². The summed E-state index contributed by atoms with van der Waals surface area (Å²) in [6.07, 6.45) is 3.29. The first-order chi connectivity index (χ1) is 8.33. The number of carbonyl (C=O) groups excluding carboxylic acids is 1. The third kappa shape index (κ3) is 6.50. The monoisotopic (exact) mass is 234 g/mol. The van der Waals surface area contributed by atoms with E-state index in [0.717, 1.165) is 5.56 Å². The van der Waals surface area contributed by atoms with E-state index in [1.54, 1.807) is 6.08 Å². The fourth-order valence-electron chi connectivity index (χ4n) is 1.23. The molecule has 17 heavy (non-hydrogen) atoms. The predicted octanol–water partition coefficient (Wildman–Crippen LogP) is 0.791. The van der Waals surface area contributed by atoms with Gasteiger partial charge in [0, 0.05) is 19.2 Å². The van der Waals surface area contributed by atoms with E-state index < -0.39 is 0 Å². The Morgan fingerprint density at radius 2 is 2.06 bits per heavy atom. The molecule has 0 aromatic heterocycles. The Kier molecular flexibility index (Phi) is 6.70. The van der Waals surface area contributed by atoms with Crippen LogP contribution >= 0.6 is 0 Å². The van der Waals surface area contributed by atoms with Crippen molar-refractivity contribution in [1.82, 2.24) is 5.32 Å². The minimum Gasteiger partial charge on any atom is -0.378 e. The molecule has 1 rings (SSSR count). The summed E-state index contributed by atoms with van der Waals surface area (Å²) >= 11 is 0. The Balaban J connectivity index is 2.19. The molecular formula is C13H18N2O2. The second-order valence-corrected chi connectivity index (χ2v) is 3.44. The molecule has 0 radical (unpaired) electrons. The van der Waals surface area contributed by atoms with Gasteiger partial charge in [0.25, 0.3) is 0 Å². The van der Waals surface area contributed by atoms with Crippen molar-refractivity contribution in [3.05, 3.63) is 42.0 Å². The topological polar surface area (TPSA) is 64.3 Å². The molecule has 0 saturated carbocycles. The van der Waals surface area contributed by atoms with Crippen molar-refractivity contribution in [2.24, 2.45) is 5.73 Å². The van der Waals surface area contributed by atoms with Gasteiger partial charge in [-0.1, -0.05) is 30.3 Å². The van der Waals surface area contributed by atoms with Crippen LogP contribution < -0.4 is 11.1 Å². The number of benzene rings is 1. The lowest BCUT2D eigenvalue weighted by molar-refractivity contribution is -0.116. The van der Waals surface area contributed by atoms with Gasteiger partial charge in [0.05, 0.1) is 13.2 Å². The lowest BCUT2D eigenvalue weighted by Gasteiger charge is -2.02. The average molecular weight is 234 g/mol. The van der Waals surface area contributed by atoms with Crippen LogP contribution in [0.5, 0.6) is 0 Å². The van der Waals surface area contributed by atoms with Crippen LogP contribution in [-0.2, 0) is 9.53 Å². The lowest BCUT2D eigenvalue weighted by atomic mass is 10.2. The molecule has 0 saturated heterocycles. The molecule has 4 heteroatoms. The van der Waals surface area contributed by atoms with E-state index in [0.29, 0.717) is 26.3 Å². The van der Waals surface area contributed by atoms with Crippen molar-refractivity contribution < 1.29 is 9.53 Å². The number of nitrogens with one attached hydrogen (secondary N) is 1. The maximum Gasteiger partial charge on any atom is 0.244 e. The molecule has 0 heterocycles. The summed E-state index contributed by atoms with van der Waals surface area (Å²) in [5.74, 6) is -0.120. The van der Waals surface area contributed by atoms with Crippen LogP contribution in [0.15, 0.2) is 36.4 Å². The van der Waals surface area contributed by atoms with Gasteiger partial charge < -0.3 is 15.8 Å². The first-order valence-electron chi connectivity index (χ1n) is 5.61. The van der Waals surface area contributed by atoms with E-state index in [1.807, 2.05) is 30.3 Å². The lowest BCUT2D eigenvalue weighted by Crippen LogP contribution is -2.26. The third-order valence-corrected chi connectivity index (χ3v) is 2.03. The quantitative estimate of drug-likeness (QED) is 0.541. The van der Waals surface area contributed by atoms with Crippen molar-refractivity contribution in [3.63, 3.8) is 0 Å². The molecule has 0 fully saturated rings. The van der Waals surface area contributed by atoms with Crippen molar-refractivity contribution in [2.75, 3.05) is 26.3 Å². The molecule has 92 valence electrons. The minimum atomic E-state index is -0.120. The maximum atomic E-state index is 11.4. The molecule has 1 aromatic rings. The van der Waals surface area contributed by atoms with Gasteiger partial charge in [0.2, 0.25) is 5.91 Å². The minimum absolute atomic E-state index is 0.120. The summed E-state index contributed by atoms with van der Waals surface area (Å²) in [6.45, 7) is 2.01. The van der Waals surface area contributed by atoms with Crippen LogP contribution in [0.25, 0.3) is 6.08 Å². The first-order valence-corrected chi connectivity index (χ1v) is 5.61. The van der Waals surface area contributed by atoms with Crippen molar-refractivity contribution in [3.8, 4) is 0 Å². The molecule has 3 N–H and O–H groups in total. The van der Waals surface area contributed by atoms with Crippen LogP contribution in [0.4, 0.5) is 0 Å². The number of amides is 1. The van der Waals surface area contributed by atoms with Gasteiger partial charge in [-0.05, 0) is 11.6 Å². The molecule has 0 aliphatic rings. The van der Waals surface area contributed by atoms with Crippen molar-refractivity contribution in [1.29, 1.82) is 0 Å². The molecule has 1 aromatic carbocycles. The zero-order valence-electron chi connectivity index (χ0n) is 9.76. The van der Waals surface area contributed by atoms with Gasteiger partial charge in [-0.2, -0.15) is 0 Å². The fraction of sp³-hybridized carbons (Fsp3) is 0.308. The highest BCUT2D eigenvalue weighted by Gasteiger charge is 1.94. The van der Waals surface area contributed by atoms with E-state index in [1.165, 1.54) is 6.08 Å². The highest BCUT2D eigenvalue weighted by molar-refractivity contribution is 5.91. The van der Waals surface area contributed by atoms with Crippen LogP contribution in [0, 0.1) is 0 Å². The van der Waals surface area contributed by atoms with Crippen LogP contribution in [0.2, 0.25) is 0 Å². The van der Waals surface area contributed by atoms with Gasteiger partial charge in [-0.15, -0.1) is 0 Å². The number of carbonyl (C=O) groups is 1. The predicted molar refractivity (Wildman–Crippen MR) is 68.4 cm³/mol. The molecule has 0 aliphatic heterocycles. The molecule has 0 unspecified atom stereocenters. The standard InChI is InChI=1S/C13H18N2O2/c14-8-10-17-11-9-15-13(16)7-6-12-4-2-1-3-5-12/h1-7H,8-11,14H2,(H,15,16). The van der Waals surface area contributed by atoms with Crippen molar-refractivity contribution >= 4 is 12.0 Å². The van der Waals surface area contributed by atoms with E-state index in [4.69, 9.17) is 10.5 Å². The second kappa shape index (κ2) is 8.50. The number of rotatable bonds is 7. The Morgan fingerprint density at radius 1 is 1.29 bits per heavy atom. The Labute approximate surface area is 101 Å². The average Bonchev–Trinajstić information content (AvgIpc) is 2.37. The van der Waals surface area contributed by atoms with Gasteiger partial charge in [0.1, 0.15) is 0 Å². The first kappa shape index (κ1) is 13.4. The largest absolute Gasteiger partial charge is 0.378 e. The zero-order chi connectivity index (χ0) is 12.3. The summed E-state index contributed by atoms with van der Waals surface area (Å²) in [7, 11) is 0.